The van der Waals surface area contributed by atoms with Gasteiger partial charge in [-0.15, -0.1) is 0 Å². The average Bonchev–Trinajstić information content (AvgIpc) is 2.76. The Bertz CT molecular complexity index is 841. The van der Waals surface area contributed by atoms with Crippen molar-refractivity contribution in [2.24, 2.45) is 0 Å². The fourth-order valence-corrected chi connectivity index (χ4v) is 2.96. The molecule has 1 aliphatic rings. The largest absolute Gasteiger partial charge is 0.492 e. The summed E-state index contributed by atoms with van der Waals surface area (Å²) in [5.74, 6) is 0. The summed E-state index contributed by atoms with van der Waals surface area (Å²) in [6.07, 6.45) is -3.55. The van der Waals surface area contributed by atoms with Crippen molar-refractivity contribution in [2.75, 3.05) is 6.54 Å². The van der Waals surface area contributed by atoms with Crippen LogP contribution in [0, 0.1) is 6.92 Å². The van der Waals surface area contributed by atoms with Gasteiger partial charge in [0.2, 0.25) is 0 Å². The molecule has 0 atom stereocenters. The SMILES string of the molecule is Cc1cc(C=C(CNC(=O)OC(C)(C)C)B2OC(C)(C)C(C)(C)O2)cc(C(F)(F)F)c1. The van der Waals surface area contributed by atoms with Gasteiger partial charge in [0.25, 0.3) is 0 Å². The first-order chi connectivity index (χ1) is 13.9. The maximum atomic E-state index is 13.3. The van der Waals surface area contributed by atoms with Gasteiger partial charge in [0, 0.05) is 6.54 Å². The van der Waals surface area contributed by atoms with E-state index in [1.807, 2.05) is 27.7 Å². The number of halogens is 3. The average molecular weight is 441 g/mol. The van der Waals surface area contributed by atoms with E-state index >= 15 is 0 Å². The Morgan fingerprint density at radius 2 is 1.65 bits per heavy atom. The Labute approximate surface area is 182 Å². The zero-order chi connectivity index (χ0) is 23.8. The minimum atomic E-state index is -4.46. The topological polar surface area (TPSA) is 56.8 Å². The number of carbonyl (C=O) groups is 1. The molecule has 1 N–H and O–H groups in total. The van der Waals surface area contributed by atoms with E-state index in [1.165, 1.54) is 0 Å². The summed E-state index contributed by atoms with van der Waals surface area (Å²) in [6.45, 7) is 14.3. The Kier molecular flexibility index (Phi) is 6.93. The number of alkyl halides is 3. The summed E-state index contributed by atoms with van der Waals surface area (Å²) in [5.41, 5.74) is -1.44. The third kappa shape index (κ3) is 6.74. The highest BCUT2D eigenvalue weighted by molar-refractivity contribution is 6.56. The normalized spacial score (nSPS) is 18.8. The lowest BCUT2D eigenvalue weighted by molar-refractivity contribution is -0.137. The molecule has 172 valence electrons. The Morgan fingerprint density at radius 3 is 2.13 bits per heavy atom. The van der Waals surface area contributed by atoms with Crippen LogP contribution in [0.1, 0.15) is 65.2 Å². The summed E-state index contributed by atoms with van der Waals surface area (Å²) in [7, 11) is -0.838. The molecule has 5 nitrogen and oxygen atoms in total. The van der Waals surface area contributed by atoms with Crippen LogP contribution in [0.4, 0.5) is 18.0 Å². The standard InChI is InChI=1S/C22H31BF3NO4/c1-14-9-15(11-16(10-14)22(24,25)26)12-17(13-27-18(28)29-19(2,3)4)23-30-20(5,6)21(7,8)31-23/h9-12H,13H2,1-8H3,(H,27,28). The molecule has 1 aromatic rings. The fraction of sp³-hybridized carbons (Fsp3) is 0.591. The smallest absolute Gasteiger partial charge is 0.444 e. The fourth-order valence-electron chi connectivity index (χ4n) is 2.96. The van der Waals surface area contributed by atoms with Crippen LogP contribution in [0.25, 0.3) is 6.08 Å². The van der Waals surface area contributed by atoms with Crippen LogP contribution in [0.3, 0.4) is 0 Å². The molecule has 31 heavy (non-hydrogen) atoms. The van der Waals surface area contributed by atoms with E-state index in [0.717, 1.165) is 12.1 Å². The number of hydrogen-bond donors (Lipinski definition) is 1. The third-order valence-electron chi connectivity index (χ3n) is 5.17. The van der Waals surface area contributed by atoms with E-state index in [0.29, 0.717) is 16.6 Å². The van der Waals surface area contributed by atoms with Crippen molar-refractivity contribution in [3.05, 3.63) is 40.4 Å². The quantitative estimate of drug-likeness (QED) is 0.623. The Balaban J connectivity index is 2.39. The maximum absolute atomic E-state index is 13.3. The lowest BCUT2D eigenvalue weighted by Gasteiger charge is -2.32. The third-order valence-corrected chi connectivity index (χ3v) is 5.17. The molecule has 0 aliphatic carbocycles. The van der Waals surface area contributed by atoms with Crippen LogP contribution in [0.2, 0.25) is 0 Å². The van der Waals surface area contributed by atoms with Crippen molar-refractivity contribution >= 4 is 19.3 Å². The second kappa shape index (κ2) is 8.50. The van der Waals surface area contributed by atoms with Gasteiger partial charge in [0.15, 0.2) is 0 Å². The number of hydrogen-bond acceptors (Lipinski definition) is 4. The highest BCUT2D eigenvalue weighted by atomic mass is 19.4. The van der Waals surface area contributed by atoms with Gasteiger partial charge in [-0.1, -0.05) is 12.1 Å². The van der Waals surface area contributed by atoms with Crippen LogP contribution in [0.15, 0.2) is 23.7 Å². The first-order valence-corrected chi connectivity index (χ1v) is 10.1. The van der Waals surface area contributed by atoms with Gasteiger partial charge in [-0.2, -0.15) is 13.2 Å². The van der Waals surface area contributed by atoms with Crippen LogP contribution in [-0.2, 0) is 20.2 Å². The number of amides is 1. The number of rotatable bonds is 4. The predicted octanol–water partition coefficient (Wildman–Crippen LogP) is 5.55. The van der Waals surface area contributed by atoms with E-state index in [1.54, 1.807) is 39.8 Å². The molecule has 0 spiro atoms. The Morgan fingerprint density at radius 1 is 1.10 bits per heavy atom. The predicted molar refractivity (Wildman–Crippen MR) is 114 cm³/mol. The van der Waals surface area contributed by atoms with E-state index in [9.17, 15) is 18.0 Å². The molecule has 0 unspecified atom stereocenters. The monoisotopic (exact) mass is 441 g/mol. The van der Waals surface area contributed by atoms with Gasteiger partial charge in [0.1, 0.15) is 5.60 Å². The van der Waals surface area contributed by atoms with Gasteiger partial charge in [0.05, 0.1) is 16.8 Å². The molecule has 1 heterocycles. The molecular formula is C22H31BF3NO4. The Hall–Kier alpha value is -2.00. The minimum absolute atomic E-state index is 0.0129. The molecule has 2 rings (SSSR count). The zero-order valence-electron chi connectivity index (χ0n) is 19.4. The van der Waals surface area contributed by atoms with E-state index < -0.39 is 41.8 Å². The molecule has 0 bridgehead atoms. The second-order valence-corrected chi connectivity index (χ2v) is 9.79. The molecule has 0 radical (unpaired) electrons. The van der Waals surface area contributed by atoms with Gasteiger partial charge < -0.3 is 19.4 Å². The molecule has 9 heteroatoms. The van der Waals surface area contributed by atoms with Crippen molar-refractivity contribution in [3.63, 3.8) is 0 Å². The molecule has 0 aromatic heterocycles. The van der Waals surface area contributed by atoms with E-state index in [2.05, 4.69) is 5.32 Å². The summed E-state index contributed by atoms with van der Waals surface area (Å²) < 4.78 is 57.1. The molecule has 1 aromatic carbocycles. The lowest BCUT2D eigenvalue weighted by Crippen LogP contribution is -2.41. The van der Waals surface area contributed by atoms with Crippen molar-refractivity contribution in [1.29, 1.82) is 0 Å². The van der Waals surface area contributed by atoms with Crippen molar-refractivity contribution < 1.29 is 32.0 Å². The van der Waals surface area contributed by atoms with Crippen molar-refractivity contribution in [3.8, 4) is 0 Å². The number of aryl methyl sites for hydroxylation is 1. The highest BCUT2D eigenvalue weighted by Gasteiger charge is 2.52. The first kappa shape index (κ1) is 25.3. The zero-order valence-corrected chi connectivity index (χ0v) is 19.4. The highest BCUT2D eigenvalue weighted by Crippen LogP contribution is 2.39. The molecule has 0 saturated carbocycles. The van der Waals surface area contributed by atoms with Crippen LogP contribution < -0.4 is 5.32 Å². The number of ether oxygens (including phenoxy) is 1. The molecule has 1 aliphatic heterocycles. The number of carbonyl (C=O) groups excluding carboxylic acids is 1. The number of alkyl carbamates (subject to hydrolysis) is 1. The van der Waals surface area contributed by atoms with Crippen molar-refractivity contribution in [2.45, 2.75) is 78.4 Å². The first-order valence-electron chi connectivity index (χ1n) is 10.1. The lowest BCUT2D eigenvalue weighted by atomic mass is 9.77. The van der Waals surface area contributed by atoms with Gasteiger partial charge >= 0.3 is 19.4 Å². The van der Waals surface area contributed by atoms with Gasteiger partial charge in [-0.25, -0.2) is 4.79 Å². The van der Waals surface area contributed by atoms with Gasteiger partial charge in [-0.3, -0.25) is 0 Å². The minimum Gasteiger partial charge on any atom is -0.444 e. The number of nitrogens with one attached hydrogen (secondary N) is 1. The molecule has 1 saturated heterocycles. The molecular weight excluding hydrogens is 410 g/mol. The maximum Gasteiger partial charge on any atom is 0.492 e. The van der Waals surface area contributed by atoms with Crippen LogP contribution >= 0.6 is 0 Å². The summed E-state index contributed by atoms with van der Waals surface area (Å²) in [4.78, 5) is 12.1. The van der Waals surface area contributed by atoms with Crippen LogP contribution in [-0.4, -0.2) is 36.6 Å². The van der Waals surface area contributed by atoms with E-state index in [4.69, 9.17) is 14.0 Å². The summed E-state index contributed by atoms with van der Waals surface area (Å²) >= 11 is 0. The van der Waals surface area contributed by atoms with E-state index in [-0.39, 0.29) is 6.54 Å². The summed E-state index contributed by atoms with van der Waals surface area (Å²) in [6, 6.07) is 3.78. The van der Waals surface area contributed by atoms with Gasteiger partial charge in [-0.05, 0) is 84.1 Å². The van der Waals surface area contributed by atoms with Crippen LogP contribution in [0.5, 0.6) is 0 Å². The molecule has 1 fully saturated rings. The summed E-state index contributed by atoms with van der Waals surface area (Å²) in [5, 5.41) is 2.64. The van der Waals surface area contributed by atoms with Crippen molar-refractivity contribution in [1.82, 2.24) is 5.32 Å². The number of benzene rings is 1. The molecule has 1 amide bonds. The second-order valence-electron chi connectivity index (χ2n) is 9.79.